The molecule has 0 unspecified atom stereocenters. The van der Waals surface area contributed by atoms with Crippen LogP contribution in [-0.2, 0) is 0 Å². The Morgan fingerprint density at radius 1 is 1.35 bits per heavy atom. The van der Waals surface area contributed by atoms with E-state index in [2.05, 4.69) is 5.32 Å². The molecule has 112 valence electrons. The molecule has 0 bridgehead atoms. The summed E-state index contributed by atoms with van der Waals surface area (Å²) in [5.74, 6) is 0. The molecule has 0 aromatic heterocycles. The number of hydrogen-bond donors (Lipinski definition) is 2. The summed E-state index contributed by atoms with van der Waals surface area (Å²) in [6.45, 7) is 7.71. The zero-order valence-corrected chi connectivity index (χ0v) is 13.6. The fraction of sp³-hybridized carbons (Fsp3) is 0.500. The lowest BCUT2D eigenvalue weighted by molar-refractivity contribution is 0.185. The van der Waals surface area contributed by atoms with E-state index in [9.17, 15) is 4.79 Å². The molecular formula is C14H21Cl2N3O. The molecule has 20 heavy (non-hydrogen) atoms. The van der Waals surface area contributed by atoms with E-state index in [0.717, 1.165) is 0 Å². The van der Waals surface area contributed by atoms with Crippen LogP contribution in [0.1, 0.15) is 20.8 Å². The predicted octanol–water partition coefficient (Wildman–Crippen LogP) is 3.83. The number of carbonyl (C=O) groups excluding carboxylic acids is 1. The molecule has 0 fully saturated rings. The Labute approximate surface area is 130 Å². The van der Waals surface area contributed by atoms with Crippen molar-refractivity contribution in [3.05, 3.63) is 28.2 Å². The number of hydrogen-bond acceptors (Lipinski definition) is 2. The second-order valence-electron chi connectivity index (χ2n) is 5.44. The van der Waals surface area contributed by atoms with Crippen LogP contribution in [0.3, 0.4) is 0 Å². The van der Waals surface area contributed by atoms with Gasteiger partial charge in [-0.3, -0.25) is 0 Å². The van der Waals surface area contributed by atoms with Crippen molar-refractivity contribution in [2.24, 2.45) is 11.1 Å². The lowest BCUT2D eigenvalue weighted by Crippen LogP contribution is -2.43. The van der Waals surface area contributed by atoms with Gasteiger partial charge in [0.1, 0.15) is 0 Å². The van der Waals surface area contributed by atoms with Crippen LogP contribution in [0.5, 0.6) is 0 Å². The number of nitrogens with zero attached hydrogens (tertiary/aromatic N) is 1. The van der Waals surface area contributed by atoms with Crippen molar-refractivity contribution in [2.45, 2.75) is 20.8 Å². The van der Waals surface area contributed by atoms with Crippen molar-refractivity contribution in [3.63, 3.8) is 0 Å². The minimum Gasteiger partial charge on any atom is -0.330 e. The zero-order chi connectivity index (χ0) is 15.3. The van der Waals surface area contributed by atoms with Crippen LogP contribution in [0.15, 0.2) is 18.2 Å². The van der Waals surface area contributed by atoms with Gasteiger partial charge in [-0.1, -0.05) is 37.0 Å². The Morgan fingerprint density at radius 2 is 2.00 bits per heavy atom. The molecule has 0 aliphatic carbocycles. The minimum atomic E-state index is -0.174. The minimum absolute atomic E-state index is 0.120. The summed E-state index contributed by atoms with van der Waals surface area (Å²) in [5.41, 5.74) is 6.21. The molecule has 0 saturated carbocycles. The Kier molecular flexibility index (Phi) is 6.11. The van der Waals surface area contributed by atoms with E-state index in [1.165, 1.54) is 0 Å². The van der Waals surface area contributed by atoms with Crippen molar-refractivity contribution in [2.75, 3.05) is 25.0 Å². The average molecular weight is 318 g/mol. The molecule has 0 radical (unpaired) electrons. The summed E-state index contributed by atoms with van der Waals surface area (Å²) in [7, 11) is 0. The van der Waals surface area contributed by atoms with Gasteiger partial charge in [-0.25, -0.2) is 4.79 Å². The number of urea groups is 1. The third-order valence-corrected chi connectivity index (χ3v) is 3.75. The van der Waals surface area contributed by atoms with Crippen molar-refractivity contribution in [1.29, 1.82) is 0 Å². The number of rotatable bonds is 5. The highest BCUT2D eigenvalue weighted by Crippen LogP contribution is 2.25. The summed E-state index contributed by atoms with van der Waals surface area (Å²) in [4.78, 5) is 13.9. The summed E-state index contributed by atoms with van der Waals surface area (Å²) in [6, 6.07) is 4.82. The van der Waals surface area contributed by atoms with Crippen LogP contribution in [0.2, 0.25) is 10.0 Å². The first-order chi connectivity index (χ1) is 9.29. The second kappa shape index (κ2) is 7.16. The molecule has 3 N–H and O–H groups in total. The fourth-order valence-corrected chi connectivity index (χ4v) is 1.98. The van der Waals surface area contributed by atoms with Crippen LogP contribution < -0.4 is 11.1 Å². The van der Waals surface area contributed by atoms with E-state index in [4.69, 9.17) is 28.9 Å². The smallest absolute Gasteiger partial charge is 0.321 e. The number of anilines is 1. The van der Waals surface area contributed by atoms with E-state index in [1.54, 1.807) is 23.1 Å². The molecule has 0 atom stereocenters. The number of nitrogens with two attached hydrogens (primary N) is 1. The largest absolute Gasteiger partial charge is 0.330 e. The highest BCUT2D eigenvalue weighted by atomic mass is 35.5. The standard InChI is InChI=1S/C14H21Cl2N3O/c1-4-19(9-14(2,3)8-17)13(20)18-10-5-6-11(15)12(16)7-10/h5-7H,4,8-9,17H2,1-3H3,(H,18,20). The molecule has 0 heterocycles. The van der Waals surface area contributed by atoms with Gasteiger partial charge in [-0.05, 0) is 37.1 Å². The summed E-state index contributed by atoms with van der Waals surface area (Å²) in [6.07, 6.45) is 0. The molecule has 6 heteroatoms. The highest BCUT2D eigenvalue weighted by Gasteiger charge is 2.22. The van der Waals surface area contributed by atoms with Gasteiger partial charge < -0.3 is 16.0 Å². The first kappa shape index (κ1) is 17.1. The first-order valence-corrected chi connectivity index (χ1v) is 7.25. The monoisotopic (exact) mass is 317 g/mol. The third kappa shape index (κ3) is 4.85. The molecule has 0 spiro atoms. The van der Waals surface area contributed by atoms with Crippen LogP contribution >= 0.6 is 23.2 Å². The van der Waals surface area contributed by atoms with E-state index in [1.807, 2.05) is 20.8 Å². The van der Waals surface area contributed by atoms with Gasteiger partial charge in [0.15, 0.2) is 0 Å². The SMILES string of the molecule is CCN(CC(C)(C)CN)C(=O)Nc1ccc(Cl)c(Cl)c1. The Morgan fingerprint density at radius 3 is 2.50 bits per heavy atom. The molecule has 0 saturated heterocycles. The fourth-order valence-electron chi connectivity index (χ4n) is 1.68. The van der Waals surface area contributed by atoms with E-state index < -0.39 is 0 Å². The molecule has 4 nitrogen and oxygen atoms in total. The molecule has 0 aliphatic heterocycles. The summed E-state index contributed by atoms with van der Waals surface area (Å²) in [5, 5.41) is 3.68. The van der Waals surface area contributed by atoms with E-state index in [-0.39, 0.29) is 11.4 Å². The van der Waals surface area contributed by atoms with Gasteiger partial charge in [0.2, 0.25) is 0 Å². The van der Waals surface area contributed by atoms with Crippen LogP contribution in [-0.4, -0.2) is 30.6 Å². The normalized spacial score (nSPS) is 11.3. The van der Waals surface area contributed by atoms with E-state index in [0.29, 0.717) is 35.4 Å². The average Bonchev–Trinajstić information content (AvgIpc) is 2.40. The number of amides is 2. The quantitative estimate of drug-likeness (QED) is 0.867. The van der Waals surface area contributed by atoms with Crippen LogP contribution in [0, 0.1) is 5.41 Å². The van der Waals surface area contributed by atoms with E-state index >= 15 is 0 Å². The number of benzene rings is 1. The Balaban J connectivity index is 2.74. The van der Waals surface area contributed by atoms with Gasteiger partial charge >= 0.3 is 6.03 Å². The van der Waals surface area contributed by atoms with Gasteiger partial charge in [0.25, 0.3) is 0 Å². The van der Waals surface area contributed by atoms with Crippen molar-refractivity contribution >= 4 is 34.9 Å². The van der Waals surface area contributed by atoms with Crippen molar-refractivity contribution in [3.8, 4) is 0 Å². The summed E-state index contributed by atoms with van der Waals surface area (Å²) >= 11 is 11.8. The lowest BCUT2D eigenvalue weighted by Gasteiger charge is -2.31. The topological polar surface area (TPSA) is 58.4 Å². The molecule has 1 aromatic carbocycles. The zero-order valence-electron chi connectivity index (χ0n) is 12.0. The maximum atomic E-state index is 12.2. The Bertz CT molecular complexity index is 477. The maximum absolute atomic E-state index is 12.2. The van der Waals surface area contributed by atoms with Crippen molar-refractivity contribution in [1.82, 2.24) is 4.90 Å². The maximum Gasteiger partial charge on any atom is 0.321 e. The Hall–Kier alpha value is -0.970. The number of halogens is 2. The number of nitrogens with one attached hydrogen (secondary N) is 1. The first-order valence-electron chi connectivity index (χ1n) is 6.50. The van der Waals surface area contributed by atoms with Gasteiger partial charge in [-0.15, -0.1) is 0 Å². The van der Waals surface area contributed by atoms with Crippen molar-refractivity contribution < 1.29 is 4.79 Å². The van der Waals surface area contributed by atoms with Crippen LogP contribution in [0.4, 0.5) is 10.5 Å². The van der Waals surface area contributed by atoms with Gasteiger partial charge in [-0.2, -0.15) is 0 Å². The molecular weight excluding hydrogens is 297 g/mol. The highest BCUT2D eigenvalue weighted by molar-refractivity contribution is 6.42. The predicted molar refractivity (Wildman–Crippen MR) is 85.6 cm³/mol. The second-order valence-corrected chi connectivity index (χ2v) is 6.26. The third-order valence-electron chi connectivity index (χ3n) is 3.01. The van der Waals surface area contributed by atoms with Crippen LogP contribution in [0.25, 0.3) is 0 Å². The molecule has 1 aromatic rings. The van der Waals surface area contributed by atoms with Gasteiger partial charge in [0, 0.05) is 18.8 Å². The number of carbonyl (C=O) groups is 1. The molecule has 1 rings (SSSR count). The molecule has 2 amide bonds. The van der Waals surface area contributed by atoms with Gasteiger partial charge in [0.05, 0.1) is 10.0 Å². The molecule has 0 aliphatic rings. The lowest BCUT2D eigenvalue weighted by atomic mass is 9.93. The summed E-state index contributed by atoms with van der Waals surface area (Å²) < 4.78 is 0.